The van der Waals surface area contributed by atoms with E-state index in [1.807, 2.05) is 61.5 Å². The summed E-state index contributed by atoms with van der Waals surface area (Å²) in [4.78, 5) is 30.4. The Labute approximate surface area is 199 Å². The van der Waals surface area contributed by atoms with Crippen LogP contribution in [0.25, 0.3) is 11.4 Å². The van der Waals surface area contributed by atoms with Crippen LogP contribution in [0.2, 0.25) is 0 Å². The van der Waals surface area contributed by atoms with Crippen molar-refractivity contribution in [1.82, 2.24) is 15.0 Å². The lowest BCUT2D eigenvalue weighted by molar-refractivity contribution is -0.118. The largest absolute Gasteiger partial charge is 0.324 e. The van der Waals surface area contributed by atoms with Gasteiger partial charge in [-0.15, -0.1) is 0 Å². The van der Waals surface area contributed by atoms with Crippen LogP contribution in [0, 0.1) is 5.92 Å². The number of benzene rings is 2. The zero-order valence-corrected chi connectivity index (χ0v) is 19.3. The summed E-state index contributed by atoms with van der Waals surface area (Å²) in [5.74, 6) is 3.21. The Balaban J connectivity index is 1.36. The molecule has 7 heteroatoms. The summed E-state index contributed by atoms with van der Waals surface area (Å²) in [6.07, 6.45) is 6.60. The lowest BCUT2D eigenvalue weighted by Crippen LogP contribution is -2.13. The maximum atomic E-state index is 11.9. The van der Waals surface area contributed by atoms with Crippen molar-refractivity contribution in [3.63, 3.8) is 0 Å². The number of ketones is 1. The summed E-state index contributed by atoms with van der Waals surface area (Å²) in [6.45, 7) is 2.77. The second-order valence-electron chi connectivity index (χ2n) is 8.78. The van der Waals surface area contributed by atoms with Gasteiger partial charge in [0.1, 0.15) is 11.6 Å². The molecular formula is C27H28N6O. The van der Waals surface area contributed by atoms with E-state index in [0.29, 0.717) is 36.5 Å². The van der Waals surface area contributed by atoms with Gasteiger partial charge in [-0.2, -0.15) is 15.0 Å². The average molecular weight is 453 g/mol. The molecule has 0 unspecified atom stereocenters. The highest BCUT2D eigenvalue weighted by Crippen LogP contribution is 2.37. The molecule has 5 rings (SSSR count). The van der Waals surface area contributed by atoms with Crippen LogP contribution in [-0.4, -0.2) is 33.1 Å². The zero-order chi connectivity index (χ0) is 23.3. The predicted molar refractivity (Wildman–Crippen MR) is 135 cm³/mol. The van der Waals surface area contributed by atoms with Crippen LogP contribution in [0.15, 0.2) is 71.2 Å². The second-order valence-corrected chi connectivity index (χ2v) is 8.78. The molecule has 172 valence electrons. The summed E-state index contributed by atoms with van der Waals surface area (Å²) >= 11 is 0. The number of hydrogen-bond acceptors (Lipinski definition) is 7. The molecule has 1 saturated carbocycles. The normalized spacial score (nSPS) is 15.0. The first-order chi connectivity index (χ1) is 16.7. The van der Waals surface area contributed by atoms with Crippen molar-refractivity contribution in [1.29, 1.82) is 0 Å². The second kappa shape index (κ2) is 9.95. The number of carbonyl (C=O) groups excluding carboxylic acids is 1. The molecule has 3 aromatic rings. The summed E-state index contributed by atoms with van der Waals surface area (Å²) in [6, 6.07) is 17.7. The van der Waals surface area contributed by atoms with Crippen molar-refractivity contribution < 1.29 is 4.79 Å². The van der Waals surface area contributed by atoms with Gasteiger partial charge >= 0.3 is 0 Å². The molecular weight excluding hydrogens is 424 g/mol. The summed E-state index contributed by atoms with van der Waals surface area (Å²) in [5, 5.41) is 6.55. The number of amidine groups is 1. The van der Waals surface area contributed by atoms with E-state index < -0.39 is 0 Å². The van der Waals surface area contributed by atoms with E-state index in [1.54, 1.807) is 0 Å². The zero-order valence-electron chi connectivity index (χ0n) is 19.3. The highest BCUT2D eigenvalue weighted by Gasteiger charge is 2.28. The van der Waals surface area contributed by atoms with Crippen LogP contribution in [-0.2, 0) is 11.2 Å². The first kappa shape index (κ1) is 21.9. The molecule has 0 saturated heterocycles. The Hall–Kier alpha value is -3.87. The Bertz CT molecular complexity index is 1230. The third kappa shape index (κ3) is 5.54. The average Bonchev–Trinajstić information content (AvgIpc) is 3.60. The van der Waals surface area contributed by atoms with E-state index in [9.17, 15) is 4.79 Å². The number of nitrogens with zero attached hydrogens (tertiary/aromatic N) is 4. The minimum Gasteiger partial charge on any atom is -0.324 e. The van der Waals surface area contributed by atoms with Gasteiger partial charge in [-0.1, -0.05) is 49.4 Å². The number of rotatable bonds is 9. The molecule has 2 aromatic carbocycles. The van der Waals surface area contributed by atoms with Gasteiger partial charge < -0.3 is 10.6 Å². The van der Waals surface area contributed by atoms with E-state index in [-0.39, 0.29) is 5.78 Å². The van der Waals surface area contributed by atoms with E-state index >= 15 is 0 Å². The number of anilines is 3. The molecule has 2 heterocycles. The highest BCUT2D eigenvalue weighted by atomic mass is 16.1. The molecule has 2 aliphatic rings. The third-order valence-corrected chi connectivity index (χ3v) is 5.90. The minimum atomic E-state index is 0.262. The SMILES string of the molecule is CCCC(=O)Cc1ccc(Nc2nc(NC3=NCC(C4CC4)=C3)nc(-c3ccccc3)n2)cc1. The first-order valence-corrected chi connectivity index (χ1v) is 11.9. The number of hydrogen-bond donors (Lipinski definition) is 2. The van der Waals surface area contributed by atoms with Crippen LogP contribution in [0.3, 0.4) is 0 Å². The standard InChI is InChI=1S/C27H28N6O/c1-2-6-23(34)15-18-9-13-22(14-10-18)29-26-31-25(20-7-4-3-5-8-20)32-27(33-26)30-24-16-21(17-28-24)19-11-12-19/h3-5,7-10,13-14,16,19H,2,6,11-12,15,17H2,1H3,(H2,28,29,30,31,32,33). The van der Waals surface area contributed by atoms with Gasteiger partial charge in [0.05, 0.1) is 6.54 Å². The number of Topliss-reactive ketones (excluding diaryl/α,β-unsaturated/α-hetero) is 1. The number of carbonyl (C=O) groups is 1. The fourth-order valence-electron chi connectivity index (χ4n) is 3.97. The van der Waals surface area contributed by atoms with Crippen molar-refractivity contribution >= 4 is 29.2 Å². The maximum Gasteiger partial charge on any atom is 0.233 e. The van der Waals surface area contributed by atoms with Crippen molar-refractivity contribution in [3.8, 4) is 11.4 Å². The Morgan fingerprint density at radius 2 is 1.68 bits per heavy atom. The van der Waals surface area contributed by atoms with Crippen LogP contribution >= 0.6 is 0 Å². The van der Waals surface area contributed by atoms with Crippen molar-refractivity contribution in [2.45, 2.75) is 39.0 Å². The summed E-state index contributed by atoms with van der Waals surface area (Å²) in [7, 11) is 0. The highest BCUT2D eigenvalue weighted by molar-refractivity contribution is 6.05. The maximum absolute atomic E-state index is 11.9. The number of aliphatic imine (C=N–C) groups is 1. The van der Waals surface area contributed by atoms with E-state index in [0.717, 1.165) is 35.6 Å². The fraction of sp³-hybridized carbons (Fsp3) is 0.296. The lowest BCUT2D eigenvalue weighted by Gasteiger charge is -2.10. The van der Waals surface area contributed by atoms with Crippen LogP contribution < -0.4 is 10.6 Å². The third-order valence-electron chi connectivity index (χ3n) is 5.90. The van der Waals surface area contributed by atoms with Crippen LogP contribution in [0.1, 0.15) is 38.2 Å². The Kier molecular flexibility index (Phi) is 6.42. The minimum absolute atomic E-state index is 0.262. The van der Waals surface area contributed by atoms with Crippen LogP contribution in [0.5, 0.6) is 0 Å². The van der Waals surface area contributed by atoms with Gasteiger partial charge in [-0.25, -0.2) is 0 Å². The van der Waals surface area contributed by atoms with E-state index in [1.165, 1.54) is 18.4 Å². The number of aromatic nitrogens is 3. The van der Waals surface area contributed by atoms with Gasteiger partial charge in [0.25, 0.3) is 0 Å². The molecule has 34 heavy (non-hydrogen) atoms. The van der Waals surface area contributed by atoms with Crippen molar-refractivity contribution in [2.75, 3.05) is 17.2 Å². The Morgan fingerprint density at radius 3 is 2.38 bits per heavy atom. The molecule has 0 bridgehead atoms. The lowest BCUT2D eigenvalue weighted by atomic mass is 10.1. The molecule has 1 aliphatic heterocycles. The fourth-order valence-corrected chi connectivity index (χ4v) is 3.97. The number of nitrogens with one attached hydrogen (secondary N) is 2. The quantitative estimate of drug-likeness (QED) is 0.454. The van der Waals surface area contributed by atoms with Gasteiger partial charge in [-0.05, 0) is 54.5 Å². The van der Waals surface area contributed by atoms with Gasteiger partial charge in [0.2, 0.25) is 11.9 Å². The topological polar surface area (TPSA) is 92.2 Å². The summed E-state index contributed by atoms with van der Waals surface area (Å²) in [5.41, 5.74) is 4.14. The van der Waals surface area contributed by atoms with E-state index in [4.69, 9.17) is 0 Å². The molecule has 1 aromatic heterocycles. The molecule has 0 amide bonds. The molecule has 0 spiro atoms. The Morgan fingerprint density at radius 1 is 0.941 bits per heavy atom. The smallest absolute Gasteiger partial charge is 0.233 e. The van der Waals surface area contributed by atoms with Crippen molar-refractivity contribution in [3.05, 3.63) is 71.8 Å². The van der Waals surface area contributed by atoms with Crippen LogP contribution in [0.4, 0.5) is 17.6 Å². The summed E-state index contributed by atoms with van der Waals surface area (Å²) < 4.78 is 0. The molecule has 2 N–H and O–H groups in total. The molecule has 1 fully saturated rings. The molecule has 0 atom stereocenters. The van der Waals surface area contributed by atoms with Gasteiger partial charge in [-0.3, -0.25) is 9.79 Å². The monoisotopic (exact) mass is 452 g/mol. The molecule has 1 aliphatic carbocycles. The predicted octanol–water partition coefficient (Wildman–Crippen LogP) is 5.35. The van der Waals surface area contributed by atoms with E-state index in [2.05, 4.69) is 36.7 Å². The first-order valence-electron chi connectivity index (χ1n) is 11.9. The molecule has 7 nitrogen and oxygen atoms in total. The van der Waals surface area contributed by atoms with Crippen molar-refractivity contribution in [2.24, 2.45) is 10.9 Å². The van der Waals surface area contributed by atoms with Gasteiger partial charge in [0, 0.05) is 24.1 Å². The van der Waals surface area contributed by atoms with Gasteiger partial charge in [0.15, 0.2) is 5.82 Å². The molecule has 0 radical (unpaired) electrons.